The largest absolute Gasteiger partial charge is 0.465 e. The Morgan fingerprint density at radius 3 is 1.81 bits per heavy atom. The van der Waals surface area contributed by atoms with E-state index < -0.39 is 0 Å². The molecule has 0 spiro atoms. The third-order valence-corrected chi connectivity index (χ3v) is 4.77. The van der Waals surface area contributed by atoms with E-state index in [1.165, 1.54) is 0 Å². The van der Waals surface area contributed by atoms with E-state index in [1.807, 2.05) is 6.92 Å². The molecule has 0 rings (SSSR count). The number of rotatable bonds is 16. The second-order valence-electron chi connectivity index (χ2n) is 5.98. The van der Waals surface area contributed by atoms with Crippen molar-refractivity contribution >= 4 is 17.7 Å². The van der Waals surface area contributed by atoms with Crippen LogP contribution in [0.25, 0.3) is 0 Å². The third-order valence-electron chi connectivity index (χ3n) is 3.65. The molecule has 0 saturated carbocycles. The monoisotopic (exact) mass is 390 g/mol. The van der Waals surface area contributed by atoms with Crippen LogP contribution in [-0.4, -0.2) is 23.6 Å². The Balaban J connectivity index is 3.78. The van der Waals surface area contributed by atoms with E-state index in [0.717, 1.165) is 50.7 Å². The number of hydrogen-bond donors (Lipinski definition) is 0. The lowest BCUT2D eigenvalue weighted by molar-refractivity contribution is -0.142. The molecule has 0 amide bonds. The predicted octanol–water partition coefficient (Wildman–Crippen LogP) is 7.20. The first-order valence-corrected chi connectivity index (χ1v) is 11.3. The van der Waals surface area contributed by atoms with Crippen LogP contribution in [0.15, 0.2) is 60.8 Å². The van der Waals surface area contributed by atoms with Gasteiger partial charge >= 0.3 is 5.97 Å². The third kappa shape index (κ3) is 17.7. The van der Waals surface area contributed by atoms with E-state index >= 15 is 0 Å². The summed E-state index contributed by atoms with van der Waals surface area (Å²) in [5.74, 6) is 0.840. The zero-order chi connectivity index (χ0) is 20.0. The molecule has 1 atom stereocenters. The second-order valence-corrected chi connectivity index (χ2v) is 7.46. The van der Waals surface area contributed by atoms with E-state index in [4.69, 9.17) is 4.74 Å². The van der Waals surface area contributed by atoms with Crippen LogP contribution in [0.2, 0.25) is 0 Å². The van der Waals surface area contributed by atoms with Crippen molar-refractivity contribution in [2.45, 2.75) is 71.0 Å². The number of thioether (sulfide) groups is 1. The number of hydrogen-bond acceptors (Lipinski definition) is 3. The summed E-state index contributed by atoms with van der Waals surface area (Å²) in [7, 11) is 0. The smallest absolute Gasteiger partial charge is 0.319 e. The van der Waals surface area contributed by atoms with Gasteiger partial charge in [0.1, 0.15) is 5.25 Å². The summed E-state index contributed by atoms with van der Waals surface area (Å²) in [6.45, 7) is 6.53. The van der Waals surface area contributed by atoms with Crippen molar-refractivity contribution in [2.24, 2.45) is 0 Å². The Labute approximate surface area is 171 Å². The quantitative estimate of drug-likeness (QED) is 0.158. The maximum atomic E-state index is 11.8. The lowest BCUT2D eigenvalue weighted by atomic mass is 10.2. The molecule has 0 bridgehead atoms. The molecule has 2 nitrogen and oxygen atoms in total. The highest BCUT2D eigenvalue weighted by Gasteiger charge is 2.17. The number of ether oxygens (including phenoxy) is 1. The van der Waals surface area contributed by atoms with Gasteiger partial charge in [0.2, 0.25) is 0 Å². The van der Waals surface area contributed by atoms with Gasteiger partial charge in [-0.2, -0.15) is 0 Å². The van der Waals surface area contributed by atoms with Gasteiger partial charge in [0.25, 0.3) is 0 Å². The first-order chi connectivity index (χ1) is 13.3. The average molecular weight is 391 g/mol. The lowest BCUT2D eigenvalue weighted by Crippen LogP contribution is -2.19. The van der Waals surface area contributed by atoms with Gasteiger partial charge in [-0.1, -0.05) is 74.6 Å². The predicted molar refractivity (Wildman–Crippen MR) is 122 cm³/mol. The van der Waals surface area contributed by atoms with E-state index in [2.05, 4.69) is 74.6 Å². The van der Waals surface area contributed by atoms with E-state index in [1.54, 1.807) is 11.8 Å². The van der Waals surface area contributed by atoms with Gasteiger partial charge < -0.3 is 4.74 Å². The number of esters is 1. The molecule has 0 aromatic heterocycles. The van der Waals surface area contributed by atoms with Crippen LogP contribution in [0.5, 0.6) is 0 Å². The molecule has 3 heteroatoms. The minimum atomic E-state index is -0.0899. The SMILES string of the molecule is CC/C=C\C/C=C\C/C=C\C/C=C\CC/C=C/CC(SCC)C(=O)OCC. The van der Waals surface area contributed by atoms with Crippen LogP contribution in [0.3, 0.4) is 0 Å². The fraction of sp³-hybridized carbons (Fsp3) is 0.542. The molecule has 0 saturated heterocycles. The molecule has 0 heterocycles. The van der Waals surface area contributed by atoms with Gasteiger partial charge in [-0.15, -0.1) is 11.8 Å². The maximum absolute atomic E-state index is 11.8. The van der Waals surface area contributed by atoms with Gasteiger partial charge in [0, 0.05) is 0 Å². The molecule has 0 radical (unpaired) electrons. The molecular formula is C24H38O2S. The molecule has 152 valence electrons. The summed E-state index contributed by atoms with van der Waals surface area (Å²) in [4.78, 5) is 11.8. The molecule has 27 heavy (non-hydrogen) atoms. The molecule has 0 aliphatic heterocycles. The Bertz CT molecular complexity index is 487. The topological polar surface area (TPSA) is 26.3 Å². The molecule has 0 N–H and O–H groups in total. The zero-order valence-electron chi connectivity index (χ0n) is 17.4. The highest BCUT2D eigenvalue weighted by Crippen LogP contribution is 2.17. The van der Waals surface area contributed by atoms with Crippen molar-refractivity contribution in [1.82, 2.24) is 0 Å². The number of carbonyl (C=O) groups is 1. The molecule has 1 unspecified atom stereocenters. The van der Waals surface area contributed by atoms with E-state index in [9.17, 15) is 4.79 Å². The van der Waals surface area contributed by atoms with Crippen molar-refractivity contribution in [3.05, 3.63) is 60.8 Å². The lowest BCUT2D eigenvalue weighted by Gasteiger charge is -2.11. The highest BCUT2D eigenvalue weighted by molar-refractivity contribution is 8.00. The molecule has 0 aromatic rings. The number of allylic oxidation sites excluding steroid dienone is 10. The average Bonchev–Trinajstić information content (AvgIpc) is 2.67. The van der Waals surface area contributed by atoms with Crippen LogP contribution in [0.1, 0.15) is 65.7 Å². The first-order valence-electron chi connectivity index (χ1n) is 10.3. The zero-order valence-corrected chi connectivity index (χ0v) is 18.3. The highest BCUT2D eigenvalue weighted by atomic mass is 32.2. The van der Waals surface area contributed by atoms with Crippen LogP contribution >= 0.6 is 11.8 Å². The Morgan fingerprint density at radius 1 is 0.778 bits per heavy atom. The fourth-order valence-electron chi connectivity index (χ4n) is 2.30. The van der Waals surface area contributed by atoms with Crippen molar-refractivity contribution in [3.8, 4) is 0 Å². The summed E-state index contributed by atoms with van der Waals surface area (Å²) in [5, 5.41) is -0.0661. The Morgan fingerprint density at radius 2 is 1.30 bits per heavy atom. The Kier molecular flexibility index (Phi) is 19.7. The minimum Gasteiger partial charge on any atom is -0.465 e. The molecule has 0 aromatic carbocycles. The van der Waals surface area contributed by atoms with Crippen LogP contribution in [0, 0.1) is 0 Å². The molecular weight excluding hydrogens is 352 g/mol. The van der Waals surface area contributed by atoms with Gasteiger partial charge in [-0.25, -0.2) is 0 Å². The fourth-order valence-corrected chi connectivity index (χ4v) is 3.15. The number of carbonyl (C=O) groups excluding carboxylic acids is 1. The van der Waals surface area contributed by atoms with Crippen molar-refractivity contribution in [1.29, 1.82) is 0 Å². The minimum absolute atomic E-state index is 0.0661. The second kappa shape index (κ2) is 20.8. The normalized spacial score (nSPS) is 13.7. The van der Waals surface area contributed by atoms with E-state index in [0.29, 0.717) is 6.61 Å². The van der Waals surface area contributed by atoms with Crippen LogP contribution in [0.4, 0.5) is 0 Å². The van der Waals surface area contributed by atoms with Crippen molar-refractivity contribution in [3.63, 3.8) is 0 Å². The molecule has 0 aliphatic carbocycles. The van der Waals surface area contributed by atoms with Crippen molar-refractivity contribution in [2.75, 3.05) is 12.4 Å². The standard InChI is InChI=1S/C24H38O2S/c1-4-7-8-9-10-11-12-13-14-15-16-17-18-19-20-21-22-23(27-6-3)24(25)26-5-2/h7-8,10-11,13-14,16-17,20-21,23H,4-6,9,12,15,18-19,22H2,1-3H3/b8-7-,11-10-,14-13-,17-16-,21-20+. The summed E-state index contributed by atoms with van der Waals surface area (Å²) < 4.78 is 5.12. The summed E-state index contributed by atoms with van der Waals surface area (Å²) in [6, 6.07) is 0. The van der Waals surface area contributed by atoms with Crippen LogP contribution in [-0.2, 0) is 9.53 Å². The van der Waals surface area contributed by atoms with Gasteiger partial charge in [-0.05, 0) is 57.6 Å². The number of unbranched alkanes of at least 4 members (excludes halogenated alkanes) is 1. The summed E-state index contributed by atoms with van der Waals surface area (Å²) in [5.41, 5.74) is 0. The van der Waals surface area contributed by atoms with Gasteiger partial charge in [0.05, 0.1) is 6.61 Å². The van der Waals surface area contributed by atoms with Gasteiger partial charge in [-0.3, -0.25) is 4.79 Å². The van der Waals surface area contributed by atoms with E-state index in [-0.39, 0.29) is 11.2 Å². The summed E-state index contributed by atoms with van der Waals surface area (Å²) in [6.07, 6.45) is 28.9. The maximum Gasteiger partial charge on any atom is 0.319 e. The molecule has 0 fully saturated rings. The van der Waals surface area contributed by atoms with Gasteiger partial charge in [0.15, 0.2) is 0 Å². The molecule has 0 aliphatic rings. The van der Waals surface area contributed by atoms with Crippen LogP contribution < -0.4 is 0 Å². The first kappa shape index (κ1) is 25.5. The Hall–Kier alpha value is -1.48. The summed E-state index contributed by atoms with van der Waals surface area (Å²) >= 11 is 1.66. The van der Waals surface area contributed by atoms with Crippen molar-refractivity contribution < 1.29 is 9.53 Å².